The molecule has 1 aliphatic heterocycles. The van der Waals surface area contributed by atoms with Crippen LogP contribution in [0.3, 0.4) is 0 Å². The molecule has 0 spiro atoms. The third kappa shape index (κ3) is 5.04. The molecule has 8 heteroatoms. The fourth-order valence-corrected chi connectivity index (χ4v) is 5.23. The predicted octanol–water partition coefficient (Wildman–Crippen LogP) is 3.84. The maximum Gasteiger partial charge on any atom is 0.291 e. The summed E-state index contributed by atoms with van der Waals surface area (Å²) in [5, 5.41) is 9.13. The number of rotatable bonds is 8. The number of para-hydroxylation sites is 1. The van der Waals surface area contributed by atoms with Crippen LogP contribution in [0.1, 0.15) is 31.2 Å². The van der Waals surface area contributed by atoms with Crippen LogP contribution in [0.4, 0.5) is 4.39 Å². The number of piperidine rings is 1. The van der Waals surface area contributed by atoms with Gasteiger partial charge in [0, 0.05) is 55.0 Å². The lowest BCUT2D eigenvalue weighted by Crippen LogP contribution is -2.38. The van der Waals surface area contributed by atoms with Gasteiger partial charge in [-0.2, -0.15) is 5.10 Å². The Bertz CT molecular complexity index is 1440. The van der Waals surface area contributed by atoms with E-state index in [1.807, 2.05) is 41.0 Å². The molecule has 0 bridgehead atoms. The van der Waals surface area contributed by atoms with E-state index in [-0.39, 0.29) is 17.3 Å². The van der Waals surface area contributed by atoms with Gasteiger partial charge < -0.3 is 9.88 Å². The number of nitrogens with zero attached hydrogens (tertiary/aromatic N) is 4. The molecule has 1 aliphatic rings. The quantitative estimate of drug-likeness (QED) is 0.408. The minimum atomic E-state index is -0.148. The van der Waals surface area contributed by atoms with Gasteiger partial charge in [0.2, 0.25) is 5.91 Å². The molecule has 0 radical (unpaired) electrons. The number of amides is 1. The molecule has 7 nitrogen and oxygen atoms in total. The molecule has 188 valence electrons. The van der Waals surface area contributed by atoms with Crippen LogP contribution in [0.5, 0.6) is 0 Å². The zero-order valence-corrected chi connectivity index (χ0v) is 20.6. The van der Waals surface area contributed by atoms with Crippen molar-refractivity contribution in [2.75, 3.05) is 19.6 Å². The fourth-order valence-electron chi connectivity index (χ4n) is 5.23. The molecule has 2 aromatic heterocycles. The van der Waals surface area contributed by atoms with Crippen LogP contribution in [0.2, 0.25) is 0 Å². The van der Waals surface area contributed by atoms with E-state index in [1.54, 1.807) is 19.3 Å². The summed E-state index contributed by atoms with van der Waals surface area (Å²) in [7, 11) is 1.65. The Kier molecular flexibility index (Phi) is 7.13. The van der Waals surface area contributed by atoms with Crippen LogP contribution in [0, 0.1) is 11.7 Å². The molecule has 4 aromatic rings. The van der Waals surface area contributed by atoms with Crippen LogP contribution >= 0.6 is 0 Å². The Balaban J connectivity index is 1.11. The van der Waals surface area contributed by atoms with E-state index in [9.17, 15) is 14.0 Å². The van der Waals surface area contributed by atoms with Crippen molar-refractivity contribution in [2.24, 2.45) is 13.0 Å². The Hall–Kier alpha value is -3.52. The lowest BCUT2D eigenvalue weighted by molar-refractivity contribution is -0.121. The van der Waals surface area contributed by atoms with Gasteiger partial charge in [0.15, 0.2) is 0 Å². The second kappa shape index (κ2) is 10.6. The zero-order valence-electron chi connectivity index (χ0n) is 20.6. The summed E-state index contributed by atoms with van der Waals surface area (Å²) >= 11 is 0. The maximum atomic E-state index is 13.9. The molecule has 1 saturated heterocycles. The monoisotopic (exact) mass is 489 g/mol. The molecule has 1 amide bonds. The number of benzene rings is 2. The number of aryl methyl sites for hydroxylation is 2. The van der Waals surface area contributed by atoms with E-state index < -0.39 is 0 Å². The number of likely N-dealkylation sites (tertiary alicyclic amines) is 1. The highest BCUT2D eigenvalue weighted by atomic mass is 19.1. The molecule has 0 unspecified atom stereocenters. The van der Waals surface area contributed by atoms with Crippen molar-refractivity contribution >= 4 is 27.7 Å². The molecule has 0 atom stereocenters. The molecule has 1 N–H and O–H groups in total. The first kappa shape index (κ1) is 24.2. The normalized spacial score (nSPS) is 15.1. The summed E-state index contributed by atoms with van der Waals surface area (Å²) in [6.45, 7) is 3.71. The molecule has 1 fully saturated rings. The maximum absolute atomic E-state index is 13.9. The number of carbonyl (C=O) groups is 1. The van der Waals surface area contributed by atoms with Gasteiger partial charge in [0.1, 0.15) is 11.3 Å². The van der Waals surface area contributed by atoms with Crippen molar-refractivity contribution in [3.8, 4) is 0 Å². The van der Waals surface area contributed by atoms with Gasteiger partial charge in [0.25, 0.3) is 5.56 Å². The molecule has 2 aromatic carbocycles. The van der Waals surface area contributed by atoms with Gasteiger partial charge in [-0.15, -0.1) is 0 Å². The van der Waals surface area contributed by atoms with Crippen molar-refractivity contribution in [1.29, 1.82) is 0 Å². The van der Waals surface area contributed by atoms with Crippen molar-refractivity contribution < 1.29 is 9.18 Å². The van der Waals surface area contributed by atoms with E-state index in [1.165, 1.54) is 10.7 Å². The molecule has 5 rings (SSSR count). The zero-order chi connectivity index (χ0) is 25.1. The largest absolute Gasteiger partial charge is 0.356 e. The number of nitrogens with one attached hydrogen (secondary N) is 1. The van der Waals surface area contributed by atoms with Gasteiger partial charge in [-0.05, 0) is 50.4 Å². The molecular weight excluding hydrogens is 457 g/mol. The number of carbonyl (C=O) groups excluding carboxylic acids is 1. The Morgan fingerprint density at radius 3 is 2.64 bits per heavy atom. The van der Waals surface area contributed by atoms with Crippen molar-refractivity contribution in [3.63, 3.8) is 0 Å². The van der Waals surface area contributed by atoms with E-state index in [0.717, 1.165) is 47.8 Å². The average Bonchev–Trinajstić information content (AvgIpc) is 3.21. The van der Waals surface area contributed by atoms with Crippen LogP contribution in [-0.4, -0.2) is 44.8 Å². The van der Waals surface area contributed by atoms with Crippen molar-refractivity contribution in [3.05, 3.63) is 76.5 Å². The second-order valence-electron chi connectivity index (χ2n) is 9.72. The summed E-state index contributed by atoms with van der Waals surface area (Å²) in [4.78, 5) is 27.7. The molecule has 0 aliphatic carbocycles. The van der Waals surface area contributed by atoms with Gasteiger partial charge >= 0.3 is 0 Å². The summed E-state index contributed by atoms with van der Waals surface area (Å²) < 4.78 is 17.3. The molecule has 3 heterocycles. The standard InChI is InChI=1S/C28H32FN5O2/c1-32-28(36)27-23(18-31-32)22-8-3-5-10-25(22)34(27)14-6-11-26(35)30-17-20-12-15-33(16-13-20)19-21-7-2-4-9-24(21)29/h2-5,7-10,18,20H,6,11-17,19H2,1H3,(H,30,35). The minimum Gasteiger partial charge on any atom is -0.356 e. The highest BCUT2D eigenvalue weighted by molar-refractivity contribution is 6.07. The Morgan fingerprint density at radius 2 is 1.83 bits per heavy atom. The first-order valence-corrected chi connectivity index (χ1v) is 12.7. The first-order chi connectivity index (χ1) is 17.5. The van der Waals surface area contributed by atoms with E-state index in [4.69, 9.17) is 0 Å². The number of aromatic nitrogens is 3. The minimum absolute atomic E-state index is 0.0409. The van der Waals surface area contributed by atoms with E-state index in [0.29, 0.717) is 43.9 Å². The van der Waals surface area contributed by atoms with Gasteiger partial charge in [-0.3, -0.25) is 14.5 Å². The lowest BCUT2D eigenvalue weighted by atomic mass is 9.96. The van der Waals surface area contributed by atoms with Crippen LogP contribution in [0.15, 0.2) is 59.5 Å². The van der Waals surface area contributed by atoms with E-state index in [2.05, 4.69) is 15.3 Å². The number of hydrogen-bond acceptors (Lipinski definition) is 4. The summed E-state index contributed by atoms with van der Waals surface area (Å²) in [5.74, 6) is 0.336. The molecular formula is C28H32FN5O2. The van der Waals surface area contributed by atoms with E-state index >= 15 is 0 Å². The Labute approximate surface area is 209 Å². The third-order valence-corrected chi connectivity index (χ3v) is 7.30. The van der Waals surface area contributed by atoms with Crippen LogP contribution in [0.25, 0.3) is 21.8 Å². The van der Waals surface area contributed by atoms with Crippen molar-refractivity contribution in [2.45, 2.75) is 38.8 Å². The highest BCUT2D eigenvalue weighted by Gasteiger charge is 2.21. The van der Waals surface area contributed by atoms with Crippen molar-refractivity contribution in [1.82, 2.24) is 24.6 Å². The highest BCUT2D eigenvalue weighted by Crippen LogP contribution is 2.26. The number of hydrogen-bond donors (Lipinski definition) is 1. The SMILES string of the molecule is Cn1ncc2c3ccccc3n(CCCC(=O)NCC3CCN(Cc4ccccc4F)CC3)c2c1=O. The van der Waals surface area contributed by atoms with Crippen LogP contribution < -0.4 is 10.9 Å². The Morgan fingerprint density at radius 1 is 1.08 bits per heavy atom. The average molecular weight is 490 g/mol. The summed E-state index contributed by atoms with van der Waals surface area (Å²) in [6.07, 6.45) is 4.78. The smallest absolute Gasteiger partial charge is 0.291 e. The third-order valence-electron chi connectivity index (χ3n) is 7.30. The van der Waals surface area contributed by atoms with Gasteiger partial charge in [0.05, 0.1) is 6.20 Å². The number of halogens is 1. The predicted molar refractivity (Wildman–Crippen MR) is 139 cm³/mol. The van der Waals surface area contributed by atoms with Crippen LogP contribution in [-0.2, 0) is 24.9 Å². The summed E-state index contributed by atoms with van der Waals surface area (Å²) in [6, 6.07) is 14.9. The van der Waals surface area contributed by atoms with Gasteiger partial charge in [-0.25, -0.2) is 9.07 Å². The molecule has 0 saturated carbocycles. The first-order valence-electron chi connectivity index (χ1n) is 12.7. The fraction of sp³-hybridized carbons (Fsp3) is 0.393. The number of fused-ring (bicyclic) bond motifs is 3. The second-order valence-corrected chi connectivity index (χ2v) is 9.72. The summed E-state index contributed by atoms with van der Waals surface area (Å²) in [5.41, 5.74) is 2.23. The topological polar surface area (TPSA) is 72.2 Å². The molecule has 36 heavy (non-hydrogen) atoms. The van der Waals surface area contributed by atoms with Gasteiger partial charge in [-0.1, -0.05) is 36.4 Å². The lowest BCUT2D eigenvalue weighted by Gasteiger charge is -2.32.